The number of benzene rings is 3. The first-order chi connectivity index (χ1) is 17.4. The van der Waals surface area contributed by atoms with Gasteiger partial charge in [0, 0.05) is 21.5 Å². The number of para-hydroxylation sites is 1. The molecule has 5 nitrogen and oxygen atoms in total. The molecule has 0 radical (unpaired) electrons. The van der Waals surface area contributed by atoms with E-state index in [0.29, 0.717) is 33.9 Å². The number of carbonyl (C=O) groups is 2. The standard InChI is InChI=1S/C30H24ClNO4/c1-18(33)20-10-14-27(35-2)22(16-20)17-36-30(34)28-24-5-3-4-6-26(24)32-29-21(9-13-25(28)29)15-19-7-11-23(31)12-8-19/h3-8,10-12,14-16H,9,13,17H2,1-2H3. The van der Waals surface area contributed by atoms with E-state index in [4.69, 9.17) is 26.1 Å². The van der Waals surface area contributed by atoms with E-state index in [9.17, 15) is 9.59 Å². The zero-order chi connectivity index (χ0) is 25.2. The molecule has 1 aliphatic rings. The summed E-state index contributed by atoms with van der Waals surface area (Å²) in [7, 11) is 1.55. The molecule has 6 heteroatoms. The van der Waals surface area contributed by atoms with Gasteiger partial charge in [0.1, 0.15) is 12.4 Å². The molecule has 0 fully saturated rings. The molecule has 0 amide bonds. The Labute approximate surface area is 214 Å². The molecule has 1 heterocycles. The molecule has 3 aromatic carbocycles. The van der Waals surface area contributed by atoms with Gasteiger partial charge >= 0.3 is 5.97 Å². The zero-order valence-electron chi connectivity index (χ0n) is 20.0. The van der Waals surface area contributed by atoms with E-state index >= 15 is 0 Å². The quantitative estimate of drug-likeness (QED) is 0.213. The first-order valence-electron chi connectivity index (χ1n) is 11.7. The molecular formula is C30H24ClNO4. The second-order valence-corrected chi connectivity index (χ2v) is 9.15. The predicted molar refractivity (Wildman–Crippen MR) is 142 cm³/mol. The van der Waals surface area contributed by atoms with Crippen LogP contribution in [-0.4, -0.2) is 23.8 Å². The number of esters is 1. The van der Waals surface area contributed by atoms with Crippen LogP contribution in [0.2, 0.25) is 5.02 Å². The molecule has 0 aliphatic heterocycles. The molecule has 5 rings (SSSR count). The van der Waals surface area contributed by atoms with E-state index in [0.717, 1.165) is 39.7 Å². The van der Waals surface area contributed by atoms with Crippen molar-refractivity contribution >= 4 is 45.9 Å². The highest BCUT2D eigenvalue weighted by molar-refractivity contribution is 6.30. The van der Waals surface area contributed by atoms with Crippen LogP contribution < -0.4 is 4.74 Å². The number of rotatable bonds is 6. The fourth-order valence-corrected chi connectivity index (χ4v) is 4.72. The Morgan fingerprint density at radius 3 is 2.56 bits per heavy atom. The van der Waals surface area contributed by atoms with Gasteiger partial charge in [0.2, 0.25) is 0 Å². The topological polar surface area (TPSA) is 65.5 Å². The van der Waals surface area contributed by atoms with Gasteiger partial charge in [-0.25, -0.2) is 9.78 Å². The number of ether oxygens (including phenoxy) is 2. The normalized spacial score (nSPS) is 13.6. The summed E-state index contributed by atoms with van der Waals surface area (Å²) in [5.41, 5.74) is 6.27. The number of hydrogen-bond acceptors (Lipinski definition) is 5. The molecule has 0 unspecified atom stereocenters. The van der Waals surface area contributed by atoms with Crippen molar-refractivity contribution in [2.24, 2.45) is 0 Å². The van der Waals surface area contributed by atoms with Gasteiger partial charge in [0.25, 0.3) is 0 Å². The zero-order valence-corrected chi connectivity index (χ0v) is 20.8. The van der Waals surface area contributed by atoms with Crippen molar-refractivity contribution in [3.8, 4) is 5.75 Å². The van der Waals surface area contributed by atoms with Crippen molar-refractivity contribution in [1.29, 1.82) is 0 Å². The molecule has 0 N–H and O–H groups in total. The molecule has 36 heavy (non-hydrogen) atoms. The molecular weight excluding hydrogens is 474 g/mol. The number of methoxy groups -OCH3 is 1. The largest absolute Gasteiger partial charge is 0.496 e. The lowest BCUT2D eigenvalue weighted by Gasteiger charge is -2.14. The minimum atomic E-state index is -0.423. The summed E-state index contributed by atoms with van der Waals surface area (Å²) in [6.07, 6.45) is 3.56. The van der Waals surface area contributed by atoms with Crippen molar-refractivity contribution in [1.82, 2.24) is 4.98 Å². The van der Waals surface area contributed by atoms with Crippen LogP contribution in [-0.2, 0) is 17.8 Å². The van der Waals surface area contributed by atoms with E-state index in [1.165, 1.54) is 6.92 Å². The summed E-state index contributed by atoms with van der Waals surface area (Å²) in [4.78, 5) is 30.3. The van der Waals surface area contributed by atoms with Crippen molar-refractivity contribution in [3.63, 3.8) is 0 Å². The summed E-state index contributed by atoms with van der Waals surface area (Å²) in [6, 6.07) is 20.4. The molecule has 1 aliphatic carbocycles. The van der Waals surface area contributed by atoms with E-state index in [1.54, 1.807) is 25.3 Å². The molecule has 180 valence electrons. The average Bonchev–Trinajstić information content (AvgIpc) is 3.28. The van der Waals surface area contributed by atoms with Crippen LogP contribution >= 0.6 is 11.6 Å². The van der Waals surface area contributed by atoms with E-state index in [2.05, 4.69) is 6.08 Å². The monoisotopic (exact) mass is 497 g/mol. The number of aromatic nitrogens is 1. The smallest absolute Gasteiger partial charge is 0.339 e. The van der Waals surface area contributed by atoms with E-state index in [-0.39, 0.29) is 12.4 Å². The third-order valence-corrected chi connectivity index (χ3v) is 6.65. The first kappa shape index (κ1) is 23.8. The highest BCUT2D eigenvalue weighted by atomic mass is 35.5. The number of ketones is 1. The molecule has 0 atom stereocenters. The van der Waals surface area contributed by atoms with E-state index in [1.807, 2.05) is 48.5 Å². The molecule has 0 spiro atoms. The maximum atomic E-state index is 13.5. The highest BCUT2D eigenvalue weighted by Crippen LogP contribution is 2.38. The van der Waals surface area contributed by atoms with Crippen molar-refractivity contribution in [2.45, 2.75) is 26.4 Å². The lowest BCUT2D eigenvalue weighted by molar-refractivity contribution is 0.0471. The van der Waals surface area contributed by atoms with Gasteiger partial charge in [-0.1, -0.05) is 41.9 Å². The van der Waals surface area contributed by atoms with Crippen LogP contribution in [0.4, 0.5) is 0 Å². The Bertz CT molecular complexity index is 1520. The van der Waals surface area contributed by atoms with Gasteiger partial charge in [-0.15, -0.1) is 0 Å². The molecule has 1 aromatic heterocycles. The maximum Gasteiger partial charge on any atom is 0.339 e. The summed E-state index contributed by atoms with van der Waals surface area (Å²) in [5, 5.41) is 1.45. The fourth-order valence-electron chi connectivity index (χ4n) is 4.60. The Morgan fingerprint density at radius 1 is 1.03 bits per heavy atom. The minimum Gasteiger partial charge on any atom is -0.496 e. The van der Waals surface area contributed by atoms with E-state index < -0.39 is 5.97 Å². The van der Waals surface area contributed by atoms with Gasteiger partial charge in [0.05, 0.1) is 23.9 Å². The number of hydrogen-bond donors (Lipinski definition) is 0. The number of Topliss-reactive ketones (excluding diaryl/α,β-unsaturated/α-hetero) is 1. The second-order valence-electron chi connectivity index (χ2n) is 8.71. The van der Waals surface area contributed by atoms with Gasteiger partial charge in [-0.05, 0) is 78.9 Å². The van der Waals surface area contributed by atoms with Gasteiger partial charge in [-0.3, -0.25) is 4.79 Å². The SMILES string of the molecule is COc1ccc(C(C)=O)cc1COC(=O)c1c2c(nc3ccccc13)C(=Cc1ccc(Cl)cc1)CC2. The van der Waals surface area contributed by atoms with Crippen molar-refractivity contribution < 1.29 is 19.1 Å². The van der Waals surface area contributed by atoms with Gasteiger partial charge in [0.15, 0.2) is 5.78 Å². The Balaban J connectivity index is 1.52. The van der Waals surface area contributed by atoms with Crippen LogP contribution in [0.3, 0.4) is 0 Å². The van der Waals surface area contributed by atoms with Crippen LogP contribution in [0.1, 0.15) is 56.4 Å². The number of fused-ring (bicyclic) bond motifs is 2. The third-order valence-electron chi connectivity index (χ3n) is 6.40. The Hall–Kier alpha value is -3.96. The minimum absolute atomic E-state index is 0.0119. The number of nitrogens with zero attached hydrogens (tertiary/aromatic N) is 1. The van der Waals surface area contributed by atoms with Crippen LogP contribution in [0.15, 0.2) is 66.7 Å². The average molecular weight is 498 g/mol. The summed E-state index contributed by atoms with van der Waals surface area (Å²) < 4.78 is 11.2. The lowest BCUT2D eigenvalue weighted by Crippen LogP contribution is -2.11. The fraction of sp³-hybridized carbons (Fsp3) is 0.167. The number of halogens is 1. The van der Waals surface area contributed by atoms with Gasteiger partial charge in [-0.2, -0.15) is 0 Å². The summed E-state index contributed by atoms with van der Waals surface area (Å²) in [6.45, 7) is 1.49. The van der Waals surface area contributed by atoms with Crippen LogP contribution in [0.25, 0.3) is 22.6 Å². The van der Waals surface area contributed by atoms with Gasteiger partial charge < -0.3 is 9.47 Å². The number of allylic oxidation sites excluding steroid dienone is 1. The second kappa shape index (κ2) is 9.96. The Morgan fingerprint density at radius 2 is 1.81 bits per heavy atom. The lowest BCUT2D eigenvalue weighted by atomic mass is 10.0. The van der Waals surface area contributed by atoms with Crippen LogP contribution in [0.5, 0.6) is 5.75 Å². The molecule has 4 aromatic rings. The number of carbonyl (C=O) groups excluding carboxylic acids is 2. The number of pyridine rings is 1. The molecule has 0 saturated carbocycles. The van der Waals surface area contributed by atoms with Crippen molar-refractivity contribution in [3.05, 3.63) is 105 Å². The molecule has 0 bridgehead atoms. The first-order valence-corrected chi connectivity index (χ1v) is 12.1. The third kappa shape index (κ3) is 4.62. The highest BCUT2D eigenvalue weighted by Gasteiger charge is 2.28. The predicted octanol–water partition coefficient (Wildman–Crippen LogP) is 6.94. The molecule has 0 saturated heterocycles. The summed E-state index contributed by atoms with van der Waals surface area (Å²) in [5.74, 6) is 0.0712. The Kier molecular flexibility index (Phi) is 6.57. The maximum absolute atomic E-state index is 13.5. The van der Waals surface area contributed by atoms with Crippen LogP contribution in [0, 0.1) is 0 Å². The summed E-state index contributed by atoms with van der Waals surface area (Å²) >= 11 is 6.04. The van der Waals surface area contributed by atoms with Crippen molar-refractivity contribution in [2.75, 3.05) is 7.11 Å².